The molecule has 5 nitrogen and oxygen atoms in total. The molecule has 0 aliphatic carbocycles. The predicted octanol–water partition coefficient (Wildman–Crippen LogP) is 2.42. The fourth-order valence-corrected chi connectivity index (χ4v) is 1.92. The lowest BCUT2D eigenvalue weighted by atomic mass is 10.1. The van der Waals surface area contributed by atoms with Crippen LogP contribution in [-0.2, 0) is 14.4 Å². The third-order valence-electron chi connectivity index (χ3n) is 3.08. The van der Waals surface area contributed by atoms with Gasteiger partial charge in [0.25, 0.3) is 0 Å². The predicted molar refractivity (Wildman–Crippen MR) is 84.2 cm³/mol. The number of amides is 1. The van der Waals surface area contributed by atoms with E-state index in [1.54, 1.807) is 6.08 Å². The highest BCUT2D eigenvalue weighted by Crippen LogP contribution is 2.04. The minimum Gasteiger partial charge on any atom is -0.480 e. The van der Waals surface area contributed by atoms with Gasteiger partial charge in [0.2, 0.25) is 5.91 Å². The van der Waals surface area contributed by atoms with Crippen molar-refractivity contribution >= 4 is 23.7 Å². The Labute approximate surface area is 130 Å². The molecule has 0 aromatic heterocycles. The highest BCUT2D eigenvalue weighted by atomic mass is 16.4. The Hall–Kier alpha value is -2.43. The van der Waals surface area contributed by atoms with Crippen molar-refractivity contribution in [1.29, 1.82) is 0 Å². The van der Waals surface area contributed by atoms with Crippen molar-refractivity contribution < 1.29 is 19.5 Å². The SMILES string of the molecule is CCCC(=O)CCC(NC(=O)/C=C/c1ccccc1)C(=O)O. The molecule has 22 heavy (non-hydrogen) atoms. The van der Waals surface area contributed by atoms with Gasteiger partial charge in [0.15, 0.2) is 0 Å². The van der Waals surface area contributed by atoms with Crippen LogP contribution in [0.2, 0.25) is 0 Å². The number of hydrogen-bond donors (Lipinski definition) is 2. The number of hydrogen-bond acceptors (Lipinski definition) is 3. The fraction of sp³-hybridized carbons (Fsp3) is 0.353. The lowest BCUT2D eigenvalue weighted by Crippen LogP contribution is -2.40. The molecule has 2 N–H and O–H groups in total. The minimum atomic E-state index is -1.13. The molecule has 1 atom stereocenters. The van der Waals surface area contributed by atoms with E-state index in [0.29, 0.717) is 6.42 Å². The molecular formula is C17H21NO4. The third-order valence-corrected chi connectivity index (χ3v) is 3.08. The van der Waals surface area contributed by atoms with Gasteiger partial charge in [-0.2, -0.15) is 0 Å². The van der Waals surface area contributed by atoms with Crippen LogP contribution in [0.25, 0.3) is 6.08 Å². The second kappa shape index (κ2) is 9.50. The summed E-state index contributed by atoms with van der Waals surface area (Å²) in [7, 11) is 0. The number of carboxylic acids is 1. The summed E-state index contributed by atoms with van der Waals surface area (Å²) in [5.41, 5.74) is 0.850. The van der Waals surface area contributed by atoms with Crippen molar-refractivity contribution in [2.24, 2.45) is 0 Å². The number of carbonyl (C=O) groups is 3. The average Bonchev–Trinajstić information content (AvgIpc) is 2.50. The van der Waals surface area contributed by atoms with E-state index in [1.807, 2.05) is 37.3 Å². The molecule has 0 saturated carbocycles. The zero-order valence-corrected chi connectivity index (χ0v) is 12.6. The first kappa shape index (κ1) is 17.6. The standard InChI is InChI=1S/C17H21NO4/c1-2-6-14(19)10-11-15(17(21)22)18-16(20)12-9-13-7-4-3-5-8-13/h3-5,7-9,12,15H,2,6,10-11H2,1H3,(H,18,20)(H,21,22)/b12-9+. The average molecular weight is 303 g/mol. The summed E-state index contributed by atoms with van der Waals surface area (Å²) in [5.74, 6) is -1.60. The van der Waals surface area contributed by atoms with E-state index in [4.69, 9.17) is 5.11 Å². The van der Waals surface area contributed by atoms with E-state index >= 15 is 0 Å². The minimum absolute atomic E-state index is 0.0165. The number of carbonyl (C=O) groups excluding carboxylic acids is 2. The van der Waals surface area contributed by atoms with Gasteiger partial charge in [-0.05, 0) is 24.5 Å². The molecule has 118 valence electrons. The topological polar surface area (TPSA) is 83.5 Å². The Bertz CT molecular complexity index is 537. The number of carboxylic acid groups (broad SMARTS) is 1. The Morgan fingerprint density at radius 3 is 2.45 bits per heavy atom. The largest absolute Gasteiger partial charge is 0.480 e. The van der Waals surface area contributed by atoms with Crippen LogP contribution in [0.3, 0.4) is 0 Å². The van der Waals surface area contributed by atoms with Crippen molar-refractivity contribution in [2.75, 3.05) is 0 Å². The van der Waals surface area contributed by atoms with E-state index < -0.39 is 17.9 Å². The summed E-state index contributed by atoms with van der Waals surface area (Å²) in [6.07, 6.45) is 4.35. The zero-order chi connectivity index (χ0) is 16.4. The van der Waals surface area contributed by atoms with Gasteiger partial charge in [-0.1, -0.05) is 37.3 Å². The molecule has 0 heterocycles. The second-order valence-electron chi connectivity index (χ2n) is 4.97. The quantitative estimate of drug-likeness (QED) is 0.686. The van der Waals surface area contributed by atoms with Crippen LogP contribution in [0, 0.1) is 0 Å². The Balaban J connectivity index is 2.52. The molecule has 1 rings (SSSR count). The van der Waals surface area contributed by atoms with Crippen LogP contribution >= 0.6 is 0 Å². The van der Waals surface area contributed by atoms with E-state index in [9.17, 15) is 14.4 Å². The highest BCUT2D eigenvalue weighted by molar-refractivity contribution is 5.94. The van der Waals surface area contributed by atoms with E-state index in [-0.39, 0.29) is 18.6 Å². The van der Waals surface area contributed by atoms with Gasteiger partial charge in [0, 0.05) is 18.9 Å². The third kappa shape index (κ3) is 6.83. The van der Waals surface area contributed by atoms with E-state index in [1.165, 1.54) is 6.08 Å². The Morgan fingerprint density at radius 2 is 1.86 bits per heavy atom. The summed E-state index contributed by atoms with van der Waals surface area (Å²) in [4.78, 5) is 34.3. The number of nitrogens with one attached hydrogen (secondary N) is 1. The number of benzene rings is 1. The summed E-state index contributed by atoms with van der Waals surface area (Å²) >= 11 is 0. The van der Waals surface area contributed by atoms with Gasteiger partial charge in [0.1, 0.15) is 11.8 Å². The first-order valence-corrected chi connectivity index (χ1v) is 7.31. The van der Waals surface area contributed by atoms with Crippen LogP contribution in [0.4, 0.5) is 0 Å². The van der Waals surface area contributed by atoms with Crippen LogP contribution in [0.15, 0.2) is 36.4 Å². The number of ketones is 1. The maximum Gasteiger partial charge on any atom is 0.326 e. The van der Waals surface area contributed by atoms with Gasteiger partial charge in [-0.3, -0.25) is 9.59 Å². The van der Waals surface area contributed by atoms with Crippen LogP contribution < -0.4 is 5.32 Å². The molecule has 1 unspecified atom stereocenters. The molecule has 0 saturated heterocycles. The second-order valence-corrected chi connectivity index (χ2v) is 4.97. The summed E-state index contributed by atoms with van der Waals surface area (Å²) in [6.45, 7) is 1.89. The molecule has 0 spiro atoms. The smallest absolute Gasteiger partial charge is 0.326 e. The van der Waals surface area contributed by atoms with Crippen molar-refractivity contribution in [2.45, 2.75) is 38.6 Å². The first-order chi connectivity index (χ1) is 10.5. The summed E-state index contributed by atoms with van der Waals surface area (Å²) in [6, 6.07) is 8.18. The van der Waals surface area contributed by atoms with Gasteiger partial charge < -0.3 is 10.4 Å². The molecule has 5 heteroatoms. The Morgan fingerprint density at radius 1 is 1.18 bits per heavy atom. The molecule has 1 aromatic rings. The molecule has 0 aliphatic rings. The van der Waals surface area contributed by atoms with Crippen LogP contribution in [0.1, 0.15) is 38.2 Å². The lowest BCUT2D eigenvalue weighted by Gasteiger charge is -2.12. The van der Waals surface area contributed by atoms with E-state index in [0.717, 1.165) is 12.0 Å². The maximum absolute atomic E-state index is 11.8. The van der Waals surface area contributed by atoms with Gasteiger partial charge >= 0.3 is 5.97 Å². The normalized spacial score (nSPS) is 12.0. The molecule has 0 aliphatic heterocycles. The van der Waals surface area contributed by atoms with Gasteiger partial charge in [-0.15, -0.1) is 0 Å². The zero-order valence-electron chi connectivity index (χ0n) is 12.6. The van der Waals surface area contributed by atoms with Crippen LogP contribution in [0.5, 0.6) is 0 Å². The molecule has 0 radical (unpaired) electrons. The number of rotatable bonds is 9. The highest BCUT2D eigenvalue weighted by Gasteiger charge is 2.19. The first-order valence-electron chi connectivity index (χ1n) is 7.31. The van der Waals surface area contributed by atoms with Crippen molar-refractivity contribution in [1.82, 2.24) is 5.32 Å². The lowest BCUT2D eigenvalue weighted by molar-refractivity contribution is -0.141. The maximum atomic E-state index is 11.8. The summed E-state index contributed by atoms with van der Waals surface area (Å²) in [5, 5.41) is 11.5. The molecule has 1 aromatic carbocycles. The summed E-state index contributed by atoms with van der Waals surface area (Å²) < 4.78 is 0. The molecule has 0 bridgehead atoms. The van der Waals surface area contributed by atoms with Gasteiger partial charge in [-0.25, -0.2) is 4.79 Å². The van der Waals surface area contributed by atoms with E-state index in [2.05, 4.69) is 5.32 Å². The molecular weight excluding hydrogens is 282 g/mol. The van der Waals surface area contributed by atoms with Crippen LogP contribution in [-0.4, -0.2) is 28.8 Å². The Kier molecular flexibility index (Phi) is 7.61. The monoisotopic (exact) mass is 303 g/mol. The van der Waals surface area contributed by atoms with Crippen molar-refractivity contribution in [3.05, 3.63) is 42.0 Å². The fourth-order valence-electron chi connectivity index (χ4n) is 1.92. The number of Topliss-reactive ketones (excluding diaryl/α,β-unsaturated/α-hetero) is 1. The van der Waals surface area contributed by atoms with Crippen molar-refractivity contribution in [3.63, 3.8) is 0 Å². The van der Waals surface area contributed by atoms with Crippen molar-refractivity contribution in [3.8, 4) is 0 Å². The number of aliphatic carboxylic acids is 1. The van der Waals surface area contributed by atoms with Gasteiger partial charge in [0.05, 0.1) is 0 Å². The molecule has 1 amide bonds. The molecule has 0 fully saturated rings.